The number of rotatable bonds is 10. The van der Waals surface area contributed by atoms with E-state index in [4.69, 9.17) is 0 Å². The lowest BCUT2D eigenvalue weighted by molar-refractivity contribution is -0.265. The second-order valence-electron chi connectivity index (χ2n) is 10.3. The van der Waals surface area contributed by atoms with Crippen LogP contribution in [0.5, 0.6) is 0 Å². The number of carbonyl (C=O) groups is 1. The number of hydrogen-bond donors (Lipinski definition) is 1. The molecule has 212 valence electrons. The van der Waals surface area contributed by atoms with Gasteiger partial charge in [0.2, 0.25) is 0 Å². The molecular formula is C23H26F5NO7S2. The molecule has 4 bridgehead atoms. The highest BCUT2D eigenvalue weighted by Crippen LogP contribution is 2.60. The van der Waals surface area contributed by atoms with Gasteiger partial charge in [0.1, 0.15) is 0 Å². The number of nitrogens with one attached hydrogen (secondary N) is 1. The van der Waals surface area contributed by atoms with E-state index in [1.165, 1.54) is 24.3 Å². The third-order valence-corrected chi connectivity index (χ3v) is 10.5. The van der Waals surface area contributed by atoms with Gasteiger partial charge in [-0.15, -0.1) is 0 Å². The molecule has 1 atom stereocenters. The lowest BCUT2D eigenvalue weighted by atomic mass is 9.49. The summed E-state index contributed by atoms with van der Waals surface area (Å²) < 4.78 is 129. The van der Waals surface area contributed by atoms with Crippen molar-refractivity contribution in [3.63, 3.8) is 0 Å². The van der Waals surface area contributed by atoms with Crippen LogP contribution in [0.25, 0.3) is 6.08 Å². The van der Waals surface area contributed by atoms with E-state index >= 15 is 0 Å². The fourth-order valence-electron chi connectivity index (χ4n) is 6.23. The van der Waals surface area contributed by atoms with Crippen LogP contribution in [0.15, 0.2) is 30.8 Å². The lowest BCUT2D eigenvalue weighted by Gasteiger charge is -2.55. The topological polar surface area (TPSA) is 116 Å². The maximum Gasteiger partial charge on any atom is 0.432 e. The van der Waals surface area contributed by atoms with Crippen molar-refractivity contribution in [2.45, 2.75) is 62.7 Å². The van der Waals surface area contributed by atoms with Crippen LogP contribution in [0.1, 0.15) is 49.7 Å². The summed E-state index contributed by atoms with van der Waals surface area (Å²) in [7, 11) is -12.2. The Morgan fingerprint density at radius 1 is 1.05 bits per heavy atom. The van der Waals surface area contributed by atoms with Crippen molar-refractivity contribution < 1.29 is 52.5 Å². The van der Waals surface area contributed by atoms with Crippen molar-refractivity contribution in [3.05, 3.63) is 42.0 Å². The second kappa shape index (κ2) is 9.82. The second-order valence-corrected chi connectivity index (χ2v) is 13.7. The highest BCUT2D eigenvalue weighted by atomic mass is 32.3. The van der Waals surface area contributed by atoms with Crippen molar-refractivity contribution in [2.75, 3.05) is 0 Å². The molecular weight excluding hydrogens is 561 g/mol. The Kier molecular flexibility index (Phi) is 7.47. The zero-order valence-electron chi connectivity index (χ0n) is 19.9. The number of sulfonamides is 1. The van der Waals surface area contributed by atoms with Gasteiger partial charge >= 0.3 is 27.7 Å². The molecule has 5 rings (SSSR count). The molecule has 4 aliphatic carbocycles. The Hall–Kier alpha value is -2.10. The van der Waals surface area contributed by atoms with Gasteiger partial charge in [-0.2, -0.15) is 30.4 Å². The zero-order valence-corrected chi connectivity index (χ0v) is 21.6. The van der Waals surface area contributed by atoms with E-state index in [0.717, 1.165) is 19.3 Å². The fraction of sp³-hybridized carbons (Fsp3) is 0.609. The van der Waals surface area contributed by atoms with Gasteiger partial charge in [-0.1, -0.05) is 35.0 Å². The van der Waals surface area contributed by atoms with Crippen molar-refractivity contribution in [2.24, 2.45) is 23.2 Å². The first-order valence-corrected chi connectivity index (χ1v) is 14.6. The maximum atomic E-state index is 14.9. The molecule has 0 saturated heterocycles. The Bertz CT molecular complexity index is 1280. The number of halogens is 5. The van der Waals surface area contributed by atoms with Gasteiger partial charge in [-0.25, -0.2) is 8.42 Å². The van der Waals surface area contributed by atoms with Crippen LogP contribution in [-0.4, -0.2) is 40.3 Å². The first-order valence-electron chi connectivity index (χ1n) is 11.8. The van der Waals surface area contributed by atoms with Crippen LogP contribution in [0.4, 0.5) is 22.0 Å². The van der Waals surface area contributed by atoms with Crippen LogP contribution in [0, 0.1) is 23.2 Å². The average molecular weight is 588 g/mol. The maximum absolute atomic E-state index is 14.9. The molecule has 0 amide bonds. The largest absolute Gasteiger partial charge is 0.444 e. The predicted molar refractivity (Wildman–Crippen MR) is 124 cm³/mol. The van der Waals surface area contributed by atoms with Crippen LogP contribution in [-0.2, 0) is 40.6 Å². The molecule has 0 aromatic heterocycles. The number of carbonyl (C=O) groups excluding carboxylic acids is 1. The molecule has 1 N–H and O–H groups in total. The molecule has 8 nitrogen and oxygen atoms in total. The summed E-state index contributed by atoms with van der Waals surface area (Å²) in [6.07, 6.45) is -6.17. The molecule has 0 heterocycles. The molecule has 38 heavy (non-hydrogen) atoms. The molecule has 4 fully saturated rings. The number of ether oxygens (including phenoxy) is 1. The highest BCUT2D eigenvalue weighted by molar-refractivity contribution is 8.03. The Labute approximate surface area is 216 Å². The third kappa shape index (κ3) is 5.75. The number of benzene rings is 1. The molecule has 1 unspecified atom stereocenters. The van der Waals surface area contributed by atoms with E-state index in [-0.39, 0.29) is 42.6 Å². The van der Waals surface area contributed by atoms with Gasteiger partial charge in [-0.3, -0.25) is 8.98 Å². The number of alkyl halides is 5. The normalized spacial score (nSPS) is 28.2. The zero-order chi connectivity index (χ0) is 28.1. The molecule has 1 aromatic carbocycles. The van der Waals surface area contributed by atoms with Crippen molar-refractivity contribution >= 4 is 32.4 Å². The van der Waals surface area contributed by atoms with Gasteiger partial charge < -0.3 is 4.74 Å². The van der Waals surface area contributed by atoms with E-state index in [0.29, 0.717) is 9.69 Å². The Morgan fingerprint density at radius 2 is 1.61 bits per heavy atom. The Balaban J connectivity index is 1.51. The van der Waals surface area contributed by atoms with Gasteiger partial charge in [0.05, 0.1) is 12.0 Å². The predicted octanol–water partition coefficient (Wildman–Crippen LogP) is 4.29. The molecule has 4 aliphatic rings. The SMILES string of the molecule is C=Cc1cccc(COS(=O)(=O)NS(=O)(=O)C(F)(F)C(OC(=O)C23CC4CC(CC(C4)C2)C3)C(F)(F)F)c1. The molecule has 15 heteroatoms. The van der Waals surface area contributed by atoms with Crippen molar-refractivity contribution in [3.8, 4) is 0 Å². The van der Waals surface area contributed by atoms with E-state index in [9.17, 15) is 43.6 Å². The van der Waals surface area contributed by atoms with Gasteiger partial charge in [0, 0.05) is 0 Å². The van der Waals surface area contributed by atoms with Crippen LogP contribution in [0.2, 0.25) is 0 Å². The highest BCUT2D eigenvalue weighted by Gasteiger charge is 2.68. The molecule has 1 aromatic rings. The summed E-state index contributed by atoms with van der Waals surface area (Å²) in [6, 6.07) is 5.84. The summed E-state index contributed by atoms with van der Waals surface area (Å²) in [5, 5.41) is -5.90. The minimum atomic E-state index is -6.63. The first-order chi connectivity index (χ1) is 17.5. The smallest absolute Gasteiger partial charge is 0.432 e. The van der Waals surface area contributed by atoms with Gasteiger partial charge in [-0.05, 0) is 73.5 Å². The van der Waals surface area contributed by atoms with Crippen molar-refractivity contribution in [1.29, 1.82) is 0 Å². The van der Waals surface area contributed by atoms with E-state index in [1.807, 2.05) is 0 Å². The fourth-order valence-corrected chi connectivity index (χ4v) is 8.70. The van der Waals surface area contributed by atoms with Crippen LogP contribution in [0.3, 0.4) is 0 Å². The average Bonchev–Trinajstić information content (AvgIpc) is 2.78. The number of hydrogen-bond acceptors (Lipinski definition) is 7. The minimum Gasteiger partial charge on any atom is -0.444 e. The van der Waals surface area contributed by atoms with E-state index in [1.54, 1.807) is 6.07 Å². The minimum absolute atomic E-state index is 0.0542. The lowest BCUT2D eigenvalue weighted by Crippen LogP contribution is -2.59. The molecule has 4 saturated carbocycles. The Morgan fingerprint density at radius 3 is 2.11 bits per heavy atom. The van der Waals surface area contributed by atoms with E-state index in [2.05, 4.69) is 15.5 Å². The summed E-state index contributed by atoms with van der Waals surface area (Å²) in [5.74, 6) is -1.38. The van der Waals surface area contributed by atoms with Gasteiger partial charge in [0.15, 0.2) is 0 Å². The summed E-state index contributed by atoms with van der Waals surface area (Å²) in [6.45, 7) is 2.69. The quantitative estimate of drug-likeness (QED) is 0.321. The van der Waals surface area contributed by atoms with Crippen LogP contribution >= 0.6 is 0 Å². The first kappa shape index (κ1) is 28.9. The summed E-state index contributed by atoms with van der Waals surface area (Å²) >= 11 is 0. The van der Waals surface area contributed by atoms with E-state index < -0.39 is 55.9 Å². The summed E-state index contributed by atoms with van der Waals surface area (Å²) in [5.41, 5.74) is -0.695. The van der Waals surface area contributed by atoms with Crippen molar-refractivity contribution in [1.82, 2.24) is 4.13 Å². The van der Waals surface area contributed by atoms with Crippen LogP contribution < -0.4 is 4.13 Å². The third-order valence-electron chi connectivity index (χ3n) is 7.44. The number of esters is 1. The van der Waals surface area contributed by atoms with Gasteiger partial charge in [0.25, 0.3) is 16.1 Å². The molecule has 0 spiro atoms. The molecule has 0 radical (unpaired) electrons. The monoisotopic (exact) mass is 587 g/mol. The molecule has 0 aliphatic heterocycles. The summed E-state index contributed by atoms with van der Waals surface area (Å²) in [4.78, 5) is 12.9. The standard InChI is InChI=1S/C23H26F5NO7S2/c1-2-14-4-3-5-15(6-14)13-35-38(33,34)29-37(31,32)23(27,28)19(22(24,25)26)36-20(30)21-10-16-7-17(11-21)9-18(8-16)12-21/h2-6,16-19,29H,1,7-13H2.